The van der Waals surface area contributed by atoms with Crippen molar-refractivity contribution in [3.05, 3.63) is 12.2 Å². The zero-order chi connectivity index (χ0) is 18.8. The Balaban J connectivity index is 4.85. The molecule has 24 heavy (non-hydrogen) atoms. The largest absolute Gasteiger partial charge is 0.352 e. The number of carbonyl (C=O) groups excluding carboxylic acids is 1. The van der Waals surface area contributed by atoms with E-state index in [1.165, 1.54) is 0 Å². The predicted octanol–water partition coefficient (Wildman–Crippen LogP) is 2.37. The number of amides is 1. The van der Waals surface area contributed by atoms with Crippen LogP contribution in [0, 0.1) is 0 Å². The van der Waals surface area contributed by atoms with Crippen LogP contribution >= 0.6 is 0 Å². The lowest BCUT2D eigenvalue weighted by atomic mass is 10.1. The molecule has 0 rings (SSSR count). The summed E-state index contributed by atoms with van der Waals surface area (Å²) in [5, 5.41) is 2.85. The summed E-state index contributed by atoms with van der Waals surface area (Å²) in [6.07, 6.45) is 3.29. The Morgan fingerprint density at radius 2 is 1.75 bits per heavy atom. The Morgan fingerprint density at radius 1 is 1.21 bits per heavy atom. The number of quaternary nitrogens is 1. The third kappa shape index (κ3) is 8.80. The normalized spacial score (nSPS) is 13.5. The number of hydrogen-bond acceptors (Lipinski definition) is 3. The molecule has 0 bridgehead atoms. The van der Waals surface area contributed by atoms with Crippen molar-refractivity contribution < 1.29 is 22.2 Å². The lowest BCUT2D eigenvalue weighted by Gasteiger charge is -2.44. The molecule has 0 saturated carbocycles. The molecule has 0 fully saturated rings. The monoisotopic (exact) mass is 363 g/mol. The van der Waals surface area contributed by atoms with E-state index < -0.39 is 10.1 Å². The van der Waals surface area contributed by atoms with Crippen LogP contribution in [0.25, 0.3) is 0 Å². The Morgan fingerprint density at radius 3 is 2.17 bits per heavy atom. The van der Waals surface area contributed by atoms with Crippen molar-refractivity contribution in [2.45, 2.75) is 59.4 Å². The van der Waals surface area contributed by atoms with Crippen LogP contribution in [0.3, 0.4) is 0 Å². The van der Waals surface area contributed by atoms with Gasteiger partial charge < -0.3 is 9.80 Å². The molecule has 0 radical (unpaired) electrons. The van der Waals surface area contributed by atoms with E-state index in [-0.39, 0.29) is 17.7 Å². The first-order chi connectivity index (χ1) is 11.1. The van der Waals surface area contributed by atoms with Gasteiger partial charge in [-0.15, -0.1) is 0 Å². The Hall–Kier alpha value is -0.920. The summed E-state index contributed by atoms with van der Waals surface area (Å²) >= 11 is 0. The zero-order valence-corrected chi connectivity index (χ0v) is 16.5. The lowest BCUT2D eigenvalue weighted by Crippen LogP contribution is -2.56. The van der Waals surface area contributed by atoms with Gasteiger partial charge in [0.15, 0.2) is 0 Å². The van der Waals surface area contributed by atoms with Gasteiger partial charge in [-0.25, -0.2) is 0 Å². The molecule has 0 aromatic rings. The average molecular weight is 364 g/mol. The van der Waals surface area contributed by atoms with E-state index in [9.17, 15) is 13.2 Å². The van der Waals surface area contributed by atoms with Crippen LogP contribution in [0.15, 0.2) is 12.2 Å². The van der Waals surface area contributed by atoms with E-state index in [1.807, 2.05) is 0 Å². The second-order valence-electron chi connectivity index (χ2n) is 6.70. The summed E-state index contributed by atoms with van der Waals surface area (Å²) in [5.74, 6) is -0.327. The van der Waals surface area contributed by atoms with Crippen molar-refractivity contribution in [2.24, 2.45) is 0 Å². The van der Waals surface area contributed by atoms with Crippen molar-refractivity contribution in [3.8, 4) is 0 Å². The minimum Gasteiger partial charge on any atom is -0.352 e. The highest BCUT2D eigenvalue weighted by Crippen LogP contribution is 2.20. The minimum atomic E-state index is -3.93. The Bertz CT molecular complexity index is 497. The number of carbonyl (C=O) groups is 1. The molecule has 1 atom stereocenters. The predicted molar refractivity (Wildman–Crippen MR) is 98.4 cm³/mol. The third-order valence-corrected chi connectivity index (χ3v) is 5.27. The molecule has 2 N–H and O–H groups in total. The summed E-state index contributed by atoms with van der Waals surface area (Å²) in [6.45, 7) is 15.0. The second kappa shape index (κ2) is 10.8. The molecule has 7 heteroatoms. The maximum Gasteiger partial charge on any atom is 0.265 e. The van der Waals surface area contributed by atoms with Gasteiger partial charge in [0.25, 0.3) is 10.1 Å². The highest BCUT2D eigenvalue weighted by molar-refractivity contribution is 7.85. The van der Waals surface area contributed by atoms with Crippen molar-refractivity contribution in [2.75, 3.05) is 31.9 Å². The fourth-order valence-electron chi connectivity index (χ4n) is 3.23. The van der Waals surface area contributed by atoms with Gasteiger partial charge in [0.05, 0.1) is 31.4 Å². The van der Waals surface area contributed by atoms with Crippen LogP contribution in [0.4, 0.5) is 0 Å². The first-order valence-corrected chi connectivity index (χ1v) is 10.4. The molecule has 0 saturated heterocycles. The van der Waals surface area contributed by atoms with Gasteiger partial charge >= 0.3 is 0 Å². The number of nitrogens with one attached hydrogen (secondary N) is 1. The average Bonchev–Trinajstić information content (AvgIpc) is 2.48. The molecule has 0 aliphatic heterocycles. The standard InChI is InChI=1S/C17H34N2O4S/c1-6-11-19(12-7-2,16(5)9-14-24(21,22)23)13-8-10-18-17(20)15(3)4/h16H,3,6-14H2,1-2,4-5H3,(H-,18,20,21,22,23)/p+1. The van der Waals surface area contributed by atoms with Crippen LogP contribution < -0.4 is 5.32 Å². The molecule has 1 amide bonds. The second-order valence-corrected chi connectivity index (χ2v) is 8.27. The molecule has 0 aliphatic rings. The third-order valence-electron chi connectivity index (χ3n) is 4.52. The zero-order valence-electron chi connectivity index (χ0n) is 15.7. The SMILES string of the molecule is C=C(C)C(=O)NCCC[N+](CCC)(CCC)C(C)CCS(=O)(=O)O. The van der Waals surface area contributed by atoms with Gasteiger partial charge in [0.1, 0.15) is 0 Å². The van der Waals surface area contributed by atoms with E-state index in [1.54, 1.807) is 6.92 Å². The van der Waals surface area contributed by atoms with Crippen molar-refractivity contribution in [1.29, 1.82) is 0 Å². The number of hydrogen-bond donors (Lipinski definition) is 2. The topological polar surface area (TPSA) is 83.5 Å². The Kier molecular flexibility index (Phi) is 10.4. The maximum absolute atomic E-state index is 11.6. The molecule has 0 heterocycles. The molecular weight excluding hydrogens is 328 g/mol. The first kappa shape index (κ1) is 23.1. The highest BCUT2D eigenvalue weighted by Gasteiger charge is 2.32. The molecule has 142 valence electrons. The molecule has 0 spiro atoms. The van der Waals surface area contributed by atoms with Crippen molar-refractivity contribution in [3.63, 3.8) is 0 Å². The molecular formula is C17H35N2O4S+. The first-order valence-electron chi connectivity index (χ1n) is 8.82. The lowest BCUT2D eigenvalue weighted by molar-refractivity contribution is -0.949. The smallest absolute Gasteiger partial charge is 0.265 e. The number of nitrogens with zero attached hydrogens (tertiary/aromatic N) is 1. The fourth-order valence-corrected chi connectivity index (χ4v) is 3.87. The summed E-state index contributed by atoms with van der Waals surface area (Å²) in [6, 6.07) is 0.142. The van der Waals surface area contributed by atoms with Gasteiger partial charge in [-0.1, -0.05) is 20.4 Å². The summed E-state index contributed by atoms with van der Waals surface area (Å²) in [7, 11) is -3.93. The molecule has 0 aliphatic carbocycles. The summed E-state index contributed by atoms with van der Waals surface area (Å²) < 4.78 is 32.0. The summed E-state index contributed by atoms with van der Waals surface area (Å²) in [5.41, 5.74) is 0.499. The Labute approximate surface area is 147 Å². The molecule has 0 aromatic carbocycles. The van der Waals surface area contributed by atoms with E-state index in [0.29, 0.717) is 18.5 Å². The van der Waals surface area contributed by atoms with Crippen LogP contribution in [0.5, 0.6) is 0 Å². The fraction of sp³-hybridized carbons (Fsp3) is 0.824. The maximum atomic E-state index is 11.6. The minimum absolute atomic E-state index is 0.126. The highest BCUT2D eigenvalue weighted by atomic mass is 32.2. The molecule has 0 aromatic heterocycles. The molecule has 1 unspecified atom stereocenters. The van der Waals surface area contributed by atoms with Gasteiger partial charge in [0, 0.05) is 25.0 Å². The van der Waals surface area contributed by atoms with Gasteiger partial charge in [0.2, 0.25) is 5.91 Å². The van der Waals surface area contributed by atoms with E-state index in [0.717, 1.165) is 43.4 Å². The van der Waals surface area contributed by atoms with Crippen LogP contribution in [-0.2, 0) is 14.9 Å². The summed E-state index contributed by atoms with van der Waals surface area (Å²) in [4.78, 5) is 11.6. The number of rotatable bonds is 13. The van der Waals surface area contributed by atoms with Gasteiger partial charge in [-0.05, 0) is 26.7 Å². The quantitative estimate of drug-likeness (QED) is 0.228. The van der Waals surface area contributed by atoms with Crippen molar-refractivity contribution in [1.82, 2.24) is 5.32 Å². The van der Waals surface area contributed by atoms with E-state index in [2.05, 4.69) is 32.7 Å². The van der Waals surface area contributed by atoms with Crippen molar-refractivity contribution >= 4 is 16.0 Å². The van der Waals surface area contributed by atoms with E-state index in [4.69, 9.17) is 4.55 Å². The van der Waals surface area contributed by atoms with Crippen LogP contribution in [0.1, 0.15) is 53.4 Å². The van der Waals surface area contributed by atoms with Crippen LogP contribution in [0.2, 0.25) is 0 Å². The van der Waals surface area contributed by atoms with Gasteiger partial charge in [-0.2, -0.15) is 8.42 Å². The van der Waals surface area contributed by atoms with E-state index >= 15 is 0 Å². The van der Waals surface area contributed by atoms with Gasteiger partial charge in [-0.3, -0.25) is 9.35 Å². The van der Waals surface area contributed by atoms with Crippen LogP contribution in [-0.4, -0.2) is 61.3 Å². The molecule has 6 nitrogen and oxygen atoms in total.